The highest BCUT2D eigenvalue weighted by atomic mass is 32.1. The van der Waals surface area contributed by atoms with Crippen LogP contribution in [0.5, 0.6) is 0 Å². The van der Waals surface area contributed by atoms with E-state index in [1.165, 1.54) is 10.9 Å². The molecule has 1 heterocycles. The van der Waals surface area contributed by atoms with Gasteiger partial charge in [0.25, 0.3) is 0 Å². The number of anilines is 1. The van der Waals surface area contributed by atoms with Crippen molar-refractivity contribution >= 4 is 17.0 Å². The zero-order valence-electron chi connectivity index (χ0n) is 12.1. The van der Waals surface area contributed by atoms with Gasteiger partial charge < -0.3 is 10.6 Å². The standard InChI is InChI=1S/C16H21FN2S/c1-11(18)10-13-6-4-7-14(17)16(13)19(3)12(2)15-8-5-9-20-15/h4-9,11-12H,10,18H2,1-3H3. The summed E-state index contributed by atoms with van der Waals surface area (Å²) in [6, 6.07) is 9.48. The van der Waals surface area contributed by atoms with Gasteiger partial charge in [0.05, 0.1) is 11.7 Å². The molecule has 2 N–H and O–H groups in total. The van der Waals surface area contributed by atoms with Crippen LogP contribution in [0, 0.1) is 5.82 Å². The topological polar surface area (TPSA) is 29.3 Å². The maximum absolute atomic E-state index is 14.3. The first-order valence-electron chi connectivity index (χ1n) is 6.80. The summed E-state index contributed by atoms with van der Waals surface area (Å²) in [6.45, 7) is 4.03. The molecule has 1 aromatic carbocycles. The Morgan fingerprint density at radius 2 is 2.00 bits per heavy atom. The van der Waals surface area contributed by atoms with Gasteiger partial charge in [-0.3, -0.25) is 0 Å². The van der Waals surface area contributed by atoms with Crippen LogP contribution in [0.15, 0.2) is 35.7 Å². The number of nitrogens with two attached hydrogens (primary N) is 1. The second-order valence-corrected chi connectivity index (χ2v) is 6.21. The molecule has 0 fully saturated rings. The van der Waals surface area contributed by atoms with E-state index in [9.17, 15) is 4.39 Å². The monoisotopic (exact) mass is 292 g/mol. The molecule has 0 aliphatic carbocycles. The number of benzene rings is 1. The number of halogens is 1. The van der Waals surface area contributed by atoms with Crippen molar-refractivity contribution in [1.82, 2.24) is 0 Å². The van der Waals surface area contributed by atoms with Crippen molar-refractivity contribution in [3.05, 3.63) is 52.0 Å². The van der Waals surface area contributed by atoms with E-state index < -0.39 is 0 Å². The van der Waals surface area contributed by atoms with Gasteiger partial charge >= 0.3 is 0 Å². The molecule has 108 valence electrons. The van der Waals surface area contributed by atoms with Gasteiger partial charge in [0, 0.05) is 18.0 Å². The van der Waals surface area contributed by atoms with Crippen molar-refractivity contribution in [3.8, 4) is 0 Å². The number of hydrogen-bond donors (Lipinski definition) is 1. The number of thiophene rings is 1. The fourth-order valence-corrected chi connectivity index (χ4v) is 3.21. The summed E-state index contributed by atoms with van der Waals surface area (Å²) in [5, 5.41) is 2.05. The van der Waals surface area contributed by atoms with Crippen LogP contribution in [0.4, 0.5) is 10.1 Å². The third-order valence-electron chi connectivity index (χ3n) is 3.50. The lowest BCUT2D eigenvalue weighted by atomic mass is 10.0. The molecular formula is C16H21FN2S. The largest absolute Gasteiger partial charge is 0.364 e. The van der Waals surface area contributed by atoms with Crippen LogP contribution in [0.3, 0.4) is 0 Å². The predicted molar refractivity (Wildman–Crippen MR) is 84.9 cm³/mol. The van der Waals surface area contributed by atoms with Gasteiger partial charge in [0.2, 0.25) is 0 Å². The SMILES string of the molecule is CC(N)Cc1cccc(F)c1N(C)C(C)c1cccs1. The Bertz CT molecular complexity index is 552. The Labute approximate surface area is 124 Å². The smallest absolute Gasteiger partial charge is 0.146 e. The van der Waals surface area contributed by atoms with Crippen molar-refractivity contribution < 1.29 is 4.39 Å². The Morgan fingerprint density at radius 3 is 2.60 bits per heavy atom. The quantitative estimate of drug-likeness (QED) is 0.903. The average molecular weight is 292 g/mol. The maximum atomic E-state index is 14.3. The molecule has 2 nitrogen and oxygen atoms in total. The Kier molecular flexibility index (Phi) is 4.78. The second kappa shape index (κ2) is 6.37. The van der Waals surface area contributed by atoms with E-state index in [4.69, 9.17) is 5.73 Å². The Balaban J connectivity index is 2.35. The highest BCUT2D eigenvalue weighted by Crippen LogP contribution is 2.32. The second-order valence-electron chi connectivity index (χ2n) is 5.23. The normalized spacial score (nSPS) is 14.1. The predicted octanol–water partition coefficient (Wildman–Crippen LogP) is 3.97. The van der Waals surface area contributed by atoms with Crippen molar-refractivity contribution in [2.75, 3.05) is 11.9 Å². The van der Waals surface area contributed by atoms with E-state index in [-0.39, 0.29) is 17.9 Å². The van der Waals surface area contributed by atoms with Gasteiger partial charge in [-0.15, -0.1) is 11.3 Å². The van der Waals surface area contributed by atoms with Crippen LogP contribution in [-0.2, 0) is 6.42 Å². The van der Waals surface area contributed by atoms with E-state index in [1.54, 1.807) is 17.4 Å². The van der Waals surface area contributed by atoms with Crippen molar-refractivity contribution in [2.24, 2.45) is 5.73 Å². The first kappa shape index (κ1) is 15.0. The van der Waals surface area contributed by atoms with Crippen LogP contribution in [0.1, 0.15) is 30.3 Å². The summed E-state index contributed by atoms with van der Waals surface area (Å²) in [7, 11) is 1.94. The minimum Gasteiger partial charge on any atom is -0.364 e. The molecule has 2 atom stereocenters. The number of para-hydroxylation sites is 1. The molecule has 2 unspecified atom stereocenters. The summed E-state index contributed by atoms with van der Waals surface area (Å²) in [6.07, 6.45) is 0.675. The van der Waals surface area contributed by atoms with Crippen LogP contribution in [0.2, 0.25) is 0 Å². The summed E-state index contributed by atoms with van der Waals surface area (Å²) in [4.78, 5) is 3.22. The van der Waals surface area contributed by atoms with Crippen LogP contribution < -0.4 is 10.6 Å². The maximum Gasteiger partial charge on any atom is 0.146 e. The van der Waals surface area contributed by atoms with E-state index in [1.807, 2.05) is 36.4 Å². The summed E-state index contributed by atoms with van der Waals surface area (Å²) < 4.78 is 14.3. The molecule has 2 rings (SSSR count). The molecule has 0 aliphatic rings. The van der Waals surface area contributed by atoms with Gasteiger partial charge in [-0.05, 0) is 43.3 Å². The number of rotatable bonds is 5. The number of nitrogens with zero attached hydrogens (tertiary/aromatic N) is 1. The molecular weight excluding hydrogens is 271 g/mol. The molecule has 0 spiro atoms. The molecule has 1 aromatic heterocycles. The van der Waals surface area contributed by atoms with Gasteiger partial charge in [0.1, 0.15) is 5.82 Å². The average Bonchev–Trinajstić information content (AvgIpc) is 2.90. The first-order valence-corrected chi connectivity index (χ1v) is 7.68. The minimum absolute atomic E-state index is 0.0148. The number of hydrogen-bond acceptors (Lipinski definition) is 3. The molecule has 4 heteroatoms. The summed E-state index contributed by atoms with van der Waals surface area (Å²) in [5.74, 6) is -0.186. The van der Waals surface area contributed by atoms with Gasteiger partial charge in [-0.1, -0.05) is 18.2 Å². The molecule has 20 heavy (non-hydrogen) atoms. The van der Waals surface area contributed by atoms with Crippen LogP contribution in [0.25, 0.3) is 0 Å². The lowest BCUT2D eigenvalue weighted by Gasteiger charge is -2.29. The van der Waals surface area contributed by atoms with Crippen LogP contribution in [-0.4, -0.2) is 13.1 Å². The first-order chi connectivity index (χ1) is 9.50. The highest BCUT2D eigenvalue weighted by Gasteiger charge is 2.19. The molecule has 0 amide bonds. The van der Waals surface area contributed by atoms with Gasteiger partial charge in [-0.25, -0.2) is 4.39 Å². The fraction of sp³-hybridized carbons (Fsp3) is 0.375. The van der Waals surface area contributed by atoms with Crippen molar-refractivity contribution in [2.45, 2.75) is 32.4 Å². The zero-order valence-corrected chi connectivity index (χ0v) is 13.0. The summed E-state index contributed by atoms with van der Waals surface area (Å²) in [5.41, 5.74) is 7.50. The molecule has 0 saturated heterocycles. The lowest BCUT2D eigenvalue weighted by molar-refractivity contribution is 0.606. The summed E-state index contributed by atoms with van der Waals surface area (Å²) >= 11 is 1.69. The lowest BCUT2D eigenvalue weighted by Crippen LogP contribution is -2.25. The van der Waals surface area contributed by atoms with E-state index in [0.29, 0.717) is 12.1 Å². The minimum atomic E-state index is -0.186. The fourth-order valence-electron chi connectivity index (χ4n) is 2.38. The molecule has 0 saturated carbocycles. The van der Waals surface area contributed by atoms with E-state index in [0.717, 1.165) is 5.56 Å². The van der Waals surface area contributed by atoms with Gasteiger partial charge in [0.15, 0.2) is 0 Å². The van der Waals surface area contributed by atoms with Gasteiger partial charge in [-0.2, -0.15) is 0 Å². The molecule has 0 bridgehead atoms. The third-order valence-corrected chi connectivity index (χ3v) is 4.54. The zero-order chi connectivity index (χ0) is 14.7. The Morgan fingerprint density at radius 1 is 1.25 bits per heavy atom. The highest BCUT2D eigenvalue weighted by molar-refractivity contribution is 7.10. The van der Waals surface area contributed by atoms with Crippen molar-refractivity contribution in [3.63, 3.8) is 0 Å². The van der Waals surface area contributed by atoms with E-state index in [2.05, 4.69) is 13.0 Å². The Hall–Kier alpha value is -1.39. The van der Waals surface area contributed by atoms with Crippen molar-refractivity contribution in [1.29, 1.82) is 0 Å². The third kappa shape index (κ3) is 3.19. The molecule has 0 radical (unpaired) electrons. The molecule has 0 aliphatic heterocycles. The van der Waals surface area contributed by atoms with E-state index >= 15 is 0 Å². The molecule has 2 aromatic rings. The van der Waals surface area contributed by atoms with Crippen LogP contribution >= 0.6 is 11.3 Å².